The molecule has 1 aliphatic rings. The fraction of sp³-hybridized carbons (Fsp3) is 0.500. The van der Waals surface area contributed by atoms with Gasteiger partial charge >= 0.3 is 0 Å². The van der Waals surface area contributed by atoms with Crippen molar-refractivity contribution >= 4 is 29.9 Å². The molecule has 1 unspecified atom stereocenters. The normalized spacial score (nSPS) is 16.9. The minimum atomic E-state index is -0.0362. The average molecular weight is 407 g/mol. The smallest absolute Gasteiger partial charge is 0.191 e. The summed E-state index contributed by atoms with van der Waals surface area (Å²) >= 11 is 0. The number of para-hydroxylation sites is 2. The first-order chi connectivity index (χ1) is 9.83. The highest BCUT2D eigenvalue weighted by atomic mass is 127. The minimum absolute atomic E-state index is 0. The lowest BCUT2D eigenvalue weighted by molar-refractivity contribution is 0.0936. The van der Waals surface area contributed by atoms with E-state index in [2.05, 4.69) is 15.6 Å². The molecule has 0 amide bonds. The van der Waals surface area contributed by atoms with Gasteiger partial charge in [-0.05, 0) is 12.1 Å². The van der Waals surface area contributed by atoms with Crippen LogP contribution in [0.5, 0.6) is 11.5 Å². The number of halogens is 1. The van der Waals surface area contributed by atoms with Gasteiger partial charge < -0.3 is 24.8 Å². The predicted octanol–water partition coefficient (Wildman–Crippen LogP) is 1.26. The summed E-state index contributed by atoms with van der Waals surface area (Å²) in [5.74, 6) is 2.31. The molecule has 0 bridgehead atoms. The maximum atomic E-state index is 5.86. The maximum absolute atomic E-state index is 5.86. The van der Waals surface area contributed by atoms with Crippen LogP contribution in [0.2, 0.25) is 0 Å². The van der Waals surface area contributed by atoms with Crippen LogP contribution in [-0.4, -0.2) is 52.5 Å². The second-order valence-corrected chi connectivity index (χ2v) is 4.37. The van der Waals surface area contributed by atoms with Gasteiger partial charge in [0.25, 0.3) is 0 Å². The highest BCUT2D eigenvalue weighted by Gasteiger charge is 2.20. The number of nitrogens with zero attached hydrogens (tertiary/aromatic N) is 1. The Morgan fingerprint density at radius 3 is 2.81 bits per heavy atom. The molecule has 0 aromatic heterocycles. The van der Waals surface area contributed by atoms with E-state index in [9.17, 15) is 0 Å². The van der Waals surface area contributed by atoms with Crippen molar-refractivity contribution in [1.29, 1.82) is 0 Å². The summed E-state index contributed by atoms with van der Waals surface area (Å²) in [6.45, 7) is 2.50. The molecule has 21 heavy (non-hydrogen) atoms. The quantitative estimate of drug-likeness (QED) is 0.333. The van der Waals surface area contributed by atoms with Gasteiger partial charge in [-0.3, -0.25) is 4.99 Å². The lowest BCUT2D eigenvalue weighted by Crippen LogP contribution is -2.46. The number of benzene rings is 1. The van der Waals surface area contributed by atoms with Crippen LogP contribution < -0.4 is 20.1 Å². The Bertz CT molecular complexity index is 457. The van der Waals surface area contributed by atoms with Crippen LogP contribution in [0.15, 0.2) is 29.3 Å². The lowest BCUT2D eigenvalue weighted by Gasteiger charge is -2.27. The molecule has 0 saturated heterocycles. The SMILES string of the molecule is CN=C(NCCOC)NCC1COc2ccccc2O1.I. The summed E-state index contributed by atoms with van der Waals surface area (Å²) in [5.41, 5.74) is 0. The Labute approximate surface area is 142 Å². The minimum Gasteiger partial charge on any atom is -0.486 e. The molecule has 1 aliphatic heterocycles. The number of hydrogen-bond donors (Lipinski definition) is 2. The number of rotatable bonds is 5. The average Bonchev–Trinajstić information content (AvgIpc) is 2.50. The molecule has 2 rings (SSSR count). The number of aliphatic imine (C=N–C) groups is 1. The van der Waals surface area contributed by atoms with Crippen LogP contribution in [0.25, 0.3) is 0 Å². The molecule has 1 heterocycles. The Kier molecular flexibility index (Phi) is 8.21. The molecule has 6 nitrogen and oxygen atoms in total. The molecule has 0 radical (unpaired) electrons. The van der Waals surface area contributed by atoms with Crippen LogP contribution in [0.1, 0.15) is 0 Å². The van der Waals surface area contributed by atoms with Crippen molar-refractivity contribution in [2.24, 2.45) is 4.99 Å². The number of fused-ring (bicyclic) bond motifs is 1. The number of nitrogens with one attached hydrogen (secondary N) is 2. The topological polar surface area (TPSA) is 64.1 Å². The van der Waals surface area contributed by atoms with E-state index < -0.39 is 0 Å². The molecule has 1 aromatic rings. The van der Waals surface area contributed by atoms with E-state index in [1.807, 2.05) is 24.3 Å². The van der Waals surface area contributed by atoms with Gasteiger partial charge in [-0.1, -0.05) is 12.1 Å². The Hall–Kier alpha value is -1.22. The Morgan fingerprint density at radius 1 is 1.33 bits per heavy atom. The fourth-order valence-electron chi connectivity index (χ4n) is 1.87. The van der Waals surface area contributed by atoms with Gasteiger partial charge in [0.2, 0.25) is 0 Å². The molecule has 0 aliphatic carbocycles. The first kappa shape index (κ1) is 17.8. The Balaban J connectivity index is 0.00000220. The third-order valence-electron chi connectivity index (χ3n) is 2.89. The first-order valence-corrected chi connectivity index (χ1v) is 6.65. The molecular weight excluding hydrogens is 385 g/mol. The molecule has 0 spiro atoms. The van der Waals surface area contributed by atoms with Crippen molar-refractivity contribution in [2.45, 2.75) is 6.10 Å². The molecule has 118 valence electrons. The van der Waals surface area contributed by atoms with Crippen molar-refractivity contribution in [2.75, 3.05) is 40.5 Å². The first-order valence-electron chi connectivity index (χ1n) is 6.65. The largest absolute Gasteiger partial charge is 0.486 e. The van der Waals surface area contributed by atoms with Gasteiger partial charge in [0.1, 0.15) is 12.7 Å². The maximum Gasteiger partial charge on any atom is 0.191 e. The van der Waals surface area contributed by atoms with E-state index in [4.69, 9.17) is 14.2 Å². The second-order valence-electron chi connectivity index (χ2n) is 4.37. The van der Waals surface area contributed by atoms with Gasteiger partial charge in [0.15, 0.2) is 17.5 Å². The summed E-state index contributed by atoms with van der Waals surface area (Å²) < 4.78 is 16.5. The van der Waals surface area contributed by atoms with Gasteiger partial charge in [-0.2, -0.15) is 0 Å². The van der Waals surface area contributed by atoms with Crippen molar-refractivity contribution in [3.8, 4) is 11.5 Å². The molecule has 1 aromatic carbocycles. The van der Waals surface area contributed by atoms with E-state index in [1.165, 1.54) is 0 Å². The van der Waals surface area contributed by atoms with Crippen molar-refractivity contribution in [1.82, 2.24) is 10.6 Å². The van der Waals surface area contributed by atoms with Crippen molar-refractivity contribution in [3.63, 3.8) is 0 Å². The number of hydrogen-bond acceptors (Lipinski definition) is 4. The predicted molar refractivity (Wildman–Crippen MR) is 93.0 cm³/mol. The van der Waals surface area contributed by atoms with E-state index in [1.54, 1.807) is 14.2 Å². The van der Waals surface area contributed by atoms with Crippen molar-refractivity contribution < 1.29 is 14.2 Å². The van der Waals surface area contributed by atoms with Gasteiger partial charge in [-0.25, -0.2) is 0 Å². The molecule has 0 saturated carbocycles. The lowest BCUT2D eigenvalue weighted by atomic mass is 10.2. The molecule has 0 fully saturated rings. The zero-order chi connectivity index (χ0) is 14.2. The van der Waals surface area contributed by atoms with E-state index in [0.29, 0.717) is 26.3 Å². The fourth-order valence-corrected chi connectivity index (χ4v) is 1.87. The number of methoxy groups -OCH3 is 1. The highest BCUT2D eigenvalue weighted by Crippen LogP contribution is 2.30. The van der Waals surface area contributed by atoms with Crippen LogP contribution in [-0.2, 0) is 4.74 Å². The van der Waals surface area contributed by atoms with Crippen molar-refractivity contribution in [3.05, 3.63) is 24.3 Å². The monoisotopic (exact) mass is 407 g/mol. The Morgan fingerprint density at radius 2 is 2.10 bits per heavy atom. The number of guanidine groups is 1. The van der Waals surface area contributed by atoms with E-state index in [-0.39, 0.29) is 30.1 Å². The second kappa shape index (κ2) is 9.67. The van der Waals surface area contributed by atoms with Crippen LogP contribution in [0, 0.1) is 0 Å². The zero-order valence-electron chi connectivity index (χ0n) is 12.3. The van der Waals surface area contributed by atoms with Gasteiger partial charge in [0, 0.05) is 20.7 Å². The van der Waals surface area contributed by atoms with Crippen LogP contribution >= 0.6 is 24.0 Å². The van der Waals surface area contributed by atoms with Gasteiger partial charge in [-0.15, -0.1) is 24.0 Å². The highest BCUT2D eigenvalue weighted by molar-refractivity contribution is 14.0. The zero-order valence-corrected chi connectivity index (χ0v) is 14.6. The molecule has 2 N–H and O–H groups in total. The van der Waals surface area contributed by atoms with Crippen LogP contribution in [0.4, 0.5) is 0 Å². The van der Waals surface area contributed by atoms with E-state index in [0.717, 1.165) is 17.5 Å². The number of ether oxygens (including phenoxy) is 3. The standard InChI is InChI=1S/C14H21N3O3.HI/c1-15-14(16-7-8-18-2)17-9-11-10-19-12-5-3-4-6-13(12)20-11;/h3-6,11H,7-10H2,1-2H3,(H2,15,16,17);1H. The van der Waals surface area contributed by atoms with E-state index >= 15 is 0 Å². The summed E-state index contributed by atoms with van der Waals surface area (Å²) in [5, 5.41) is 6.35. The molecule has 7 heteroatoms. The molecule has 1 atom stereocenters. The third-order valence-corrected chi connectivity index (χ3v) is 2.89. The van der Waals surface area contributed by atoms with Gasteiger partial charge in [0.05, 0.1) is 13.2 Å². The van der Waals surface area contributed by atoms with Crippen LogP contribution in [0.3, 0.4) is 0 Å². The summed E-state index contributed by atoms with van der Waals surface area (Å²) in [4.78, 5) is 4.13. The summed E-state index contributed by atoms with van der Waals surface area (Å²) in [6, 6.07) is 7.68. The third kappa shape index (κ3) is 5.58. The summed E-state index contributed by atoms with van der Waals surface area (Å²) in [7, 11) is 3.40. The molecular formula is C14H22IN3O3. The summed E-state index contributed by atoms with van der Waals surface area (Å²) in [6.07, 6.45) is -0.0362.